The summed E-state index contributed by atoms with van der Waals surface area (Å²) in [4.78, 5) is 20.0. The average molecular weight is 400 g/mol. The van der Waals surface area contributed by atoms with Crippen LogP contribution in [0.1, 0.15) is 19.4 Å². The minimum absolute atomic E-state index is 0.0361. The van der Waals surface area contributed by atoms with Gasteiger partial charge in [0, 0.05) is 11.8 Å². The minimum atomic E-state index is -3.39. The lowest BCUT2D eigenvalue weighted by atomic mass is 9.86. The smallest absolute Gasteiger partial charge is 0.234 e. The Labute approximate surface area is 162 Å². The van der Waals surface area contributed by atoms with E-state index in [-0.39, 0.29) is 5.91 Å². The van der Waals surface area contributed by atoms with Crippen LogP contribution in [0.15, 0.2) is 30.3 Å². The summed E-state index contributed by atoms with van der Waals surface area (Å²) in [6.07, 6.45) is 1.09. The number of aromatic amines is 1. The first-order chi connectivity index (χ1) is 13.1. The van der Waals surface area contributed by atoms with E-state index in [9.17, 15) is 13.2 Å². The van der Waals surface area contributed by atoms with Gasteiger partial charge in [-0.1, -0.05) is 0 Å². The first kappa shape index (κ1) is 18.3. The van der Waals surface area contributed by atoms with Gasteiger partial charge in [0.1, 0.15) is 11.6 Å². The number of hydrogen-bond acceptors (Lipinski definition) is 5. The summed E-state index contributed by atoms with van der Waals surface area (Å²) in [7, 11) is -1.87. The molecule has 4 rings (SSSR count). The summed E-state index contributed by atoms with van der Waals surface area (Å²) in [6.45, 7) is 3.76. The van der Waals surface area contributed by atoms with Crippen LogP contribution in [0.3, 0.4) is 0 Å². The fourth-order valence-corrected chi connectivity index (χ4v) is 3.93. The van der Waals surface area contributed by atoms with Crippen LogP contribution in [-0.2, 0) is 20.2 Å². The Morgan fingerprint density at radius 2 is 1.93 bits per heavy atom. The molecule has 1 aliphatic rings. The standard InChI is InChI=1S/C19H20N4O4S/c1-19(2)12-8-14-15(9-13(12)22-18(19)24)21-17(20-14)11-6-5-10(7-16(11)27-3)23-28(4,25)26/h5-9,23H,1-4H3,(H,20,21)(H,22,24). The Kier molecular flexibility index (Phi) is 3.90. The largest absolute Gasteiger partial charge is 0.496 e. The van der Waals surface area contributed by atoms with E-state index in [2.05, 4.69) is 20.0 Å². The van der Waals surface area contributed by atoms with Crippen LogP contribution in [0.5, 0.6) is 5.75 Å². The Balaban J connectivity index is 1.79. The van der Waals surface area contributed by atoms with E-state index >= 15 is 0 Å². The maximum absolute atomic E-state index is 12.1. The van der Waals surface area contributed by atoms with E-state index in [1.54, 1.807) is 18.2 Å². The molecule has 3 N–H and O–H groups in total. The van der Waals surface area contributed by atoms with Crippen molar-refractivity contribution in [1.29, 1.82) is 0 Å². The van der Waals surface area contributed by atoms with Gasteiger partial charge in [-0.15, -0.1) is 0 Å². The average Bonchev–Trinajstić information content (AvgIpc) is 3.10. The lowest BCUT2D eigenvalue weighted by molar-refractivity contribution is -0.119. The van der Waals surface area contributed by atoms with Gasteiger partial charge in [0.2, 0.25) is 15.9 Å². The third kappa shape index (κ3) is 2.97. The number of benzene rings is 2. The molecule has 0 aliphatic carbocycles. The van der Waals surface area contributed by atoms with E-state index in [0.717, 1.165) is 28.5 Å². The molecule has 8 nitrogen and oxygen atoms in total. The molecule has 0 saturated heterocycles. The van der Waals surface area contributed by atoms with Gasteiger partial charge in [-0.25, -0.2) is 13.4 Å². The molecule has 2 aromatic carbocycles. The zero-order valence-corrected chi connectivity index (χ0v) is 16.7. The molecule has 0 atom stereocenters. The molecular weight excluding hydrogens is 380 g/mol. The lowest BCUT2D eigenvalue weighted by Crippen LogP contribution is -2.26. The van der Waals surface area contributed by atoms with Gasteiger partial charge in [-0.3, -0.25) is 9.52 Å². The molecule has 146 valence electrons. The van der Waals surface area contributed by atoms with Gasteiger partial charge in [-0.05, 0) is 43.7 Å². The summed E-state index contributed by atoms with van der Waals surface area (Å²) in [6, 6.07) is 8.78. The number of rotatable bonds is 4. The number of nitrogens with zero attached hydrogens (tertiary/aromatic N) is 1. The summed E-state index contributed by atoms with van der Waals surface area (Å²) < 4.78 is 30.7. The van der Waals surface area contributed by atoms with Gasteiger partial charge in [-0.2, -0.15) is 0 Å². The van der Waals surface area contributed by atoms with E-state index in [4.69, 9.17) is 4.74 Å². The van der Waals surface area contributed by atoms with Gasteiger partial charge in [0.15, 0.2) is 0 Å². The summed E-state index contributed by atoms with van der Waals surface area (Å²) >= 11 is 0. The number of nitrogens with one attached hydrogen (secondary N) is 3. The van der Waals surface area contributed by atoms with Crippen LogP contribution in [0.25, 0.3) is 22.4 Å². The van der Waals surface area contributed by atoms with Gasteiger partial charge in [0.25, 0.3) is 0 Å². The molecule has 28 heavy (non-hydrogen) atoms. The number of aromatic nitrogens is 2. The van der Waals surface area contributed by atoms with Crippen molar-refractivity contribution in [2.45, 2.75) is 19.3 Å². The first-order valence-corrected chi connectivity index (χ1v) is 10.5. The second kappa shape index (κ2) is 5.96. The Hall–Kier alpha value is -3.07. The van der Waals surface area contributed by atoms with Crippen molar-refractivity contribution in [3.63, 3.8) is 0 Å². The number of carbonyl (C=O) groups is 1. The third-order valence-corrected chi connectivity index (χ3v) is 5.48. The predicted octanol–water partition coefficient (Wildman–Crippen LogP) is 2.84. The SMILES string of the molecule is COc1cc(NS(C)(=O)=O)ccc1-c1nc2cc3c(cc2[nH]1)NC(=O)C3(C)C. The van der Waals surface area contributed by atoms with Crippen LogP contribution >= 0.6 is 0 Å². The van der Waals surface area contributed by atoms with Crippen molar-refractivity contribution in [2.24, 2.45) is 0 Å². The highest BCUT2D eigenvalue weighted by atomic mass is 32.2. The molecule has 3 aromatic rings. The first-order valence-electron chi connectivity index (χ1n) is 8.60. The van der Waals surface area contributed by atoms with Gasteiger partial charge >= 0.3 is 0 Å². The van der Waals surface area contributed by atoms with Crippen molar-refractivity contribution < 1.29 is 17.9 Å². The molecule has 1 aromatic heterocycles. The quantitative estimate of drug-likeness (QED) is 0.623. The molecule has 9 heteroatoms. The topological polar surface area (TPSA) is 113 Å². The van der Waals surface area contributed by atoms with Crippen LogP contribution in [0, 0.1) is 0 Å². The number of methoxy groups -OCH3 is 1. The number of carbonyl (C=O) groups excluding carboxylic acids is 1. The molecular formula is C19H20N4O4S. The van der Waals surface area contributed by atoms with Crippen molar-refractivity contribution in [3.8, 4) is 17.1 Å². The Bertz CT molecular complexity index is 1230. The van der Waals surface area contributed by atoms with E-state index < -0.39 is 15.4 Å². The Morgan fingerprint density at radius 1 is 1.18 bits per heavy atom. The Morgan fingerprint density at radius 3 is 2.61 bits per heavy atom. The van der Waals surface area contributed by atoms with Crippen LogP contribution in [0.2, 0.25) is 0 Å². The fraction of sp³-hybridized carbons (Fsp3) is 0.263. The van der Waals surface area contributed by atoms with E-state index in [1.165, 1.54) is 7.11 Å². The number of sulfonamides is 1. The number of H-pyrrole nitrogens is 1. The van der Waals surface area contributed by atoms with E-state index in [0.29, 0.717) is 22.8 Å². The summed E-state index contributed by atoms with van der Waals surface area (Å²) in [5.74, 6) is 1.03. The normalized spacial score (nSPS) is 15.4. The van der Waals surface area contributed by atoms with Crippen molar-refractivity contribution >= 4 is 38.3 Å². The second-order valence-corrected chi connectivity index (χ2v) is 9.12. The number of imidazole rings is 1. The van der Waals surface area contributed by atoms with Crippen molar-refractivity contribution in [1.82, 2.24) is 9.97 Å². The zero-order chi connectivity index (χ0) is 20.3. The molecule has 2 heterocycles. The molecule has 0 spiro atoms. The second-order valence-electron chi connectivity index (χ2n) is 7.37. The molecule has 0 bridgehead atoms. The number of anilines is 2. The number of ether oxygens (including phenoxy) is 1. The molecule has 0 unspecified atom stereocenters. The highest BCUT2D eigenvalue weighted by Crippen LogP contribution is 2.40. The molecule has 1 amide bonds. The monoisotopic (exact) mass is 400 g/mol. The molecule has 0 fully saturated rings. The molecule has 0 radical (unpaired) electrons. The minimum Gasteiger partial charge on any atom is -0.496 e. The van der Waals surface area contributed by atoms with E-state index in [1.807, 2.05) is 26.0 Å². The summed E-state index contributed by atoms with van der Waals surface area (Å²) in [5.41, 5.74) is 3.69. The summed E-state index contributed by atoms with van der Waals surface area (Å²) in [5, 5.41) is 2.90. The molecule has 1 aliphatic heterocycles. The highest BCUT2D eigenvalue weighted by Gasteiger charge is 2.38. The fourth-order valence-electron chi connectivity index (χ4n) is 3.37. The number of amides is 1. The van der Waals surface area contributed by atoms with Crippen LogP contribution < -0.4 is 14.8 Å². The van der Waals surface area contributed by atoms with Gasteiger partial charge < -0.3 is 15.0 Å². The maximum Gasteiger partial charge on any atom is 0.234 e. The third-order valence-electron chi connectivity index (χ3n) is 4.87. The zero-order valence-electron chi connectivity index (χ0n) is 15.9. The van der Waals surface area contributed by atoms with Crippen LogP contribution in [0.4, 0.5) is 11.4 Å². The predicted molar refractivity (Wildman–Crippen MR) is 108 cm³/mol. The van der Waals surface area contributed by atoms with Crippen molar-refractivity contribution in [3.05, 3.63) is 35.9 Å². The number of fused-ring (bicyclic) bond motifs is 2. The highest BCUT2D eigenvalue weighted by molar-refractivity contribution is 7.92. The van der Waals surface area contributed by atoms with Crippen LogP contribution in [-0.4, -0.2) is 37.7 Å². The maximum atomic E-state index is 12.1. The molecule has 0 saturated carbocycles. The number of hydrogen-bond donors (Lipinski definition) is 3. The van der Waals surface area contributed by atoms with Gasteiger partial charge in [0.05, 0.1) is 41.1 Å². The lowest BCUT2D eigenvalue weighted by Gasteiger charge is -2.14. The van der Waals surface area contributed by atoms with Crippen molar-refractivity contribution in [2.75, 3.05) is 23.4 Å².